The van der Waals surface area contributed by atoms with E-state index in [-0.39, 0.29) is 0 Å². The summed E-state index contributed by atoms with van der Waals surface area (Å²) in [6.07, 6.45) is 4.44. The number of aliphatic imine (C=N–C) groups is 1. The number of hydrogen-bond donors (Lipinski definition) is 2. The second-order valence-corrected chi connectivity index (χ2v) is 7.30. The van der Waals surface area contributed by atoms with Gasteiger partial charge in [-0.25, -0.2) is 4.98 Å². The third-order valence-corrected chi connectivity index (χ3v) is 5.03. The molecule has 0 radical (unpaired) electrons. The van der Waals surface area contributed by atoms with E-state index < -0.39 is 0 Å². The van der Waals surface area contributed by atoms with E-state index in [1.165, 1.54) is 18.4 Å². The summed E-state index contributed by atoms with van der Waals surface area (Å²) in [5.41, 5.74) is 2.46. The Hall–Kier alpha value is -2.08. The Morgan fingerprint density at radius 1 is 1.36 bits per heavy atom. The first-order valence-electron chi connectivity index (χ1n) is 8.79. The fraction of sp³-hybridized carbons (Fsp3) is 0.474. The summed E-state index contributed by atoms with van der Waals surface area (Å²) in [5.74, 6) is 2.71. The number of nitrogens with one attached hydrogen (secondary N) is 2. The van der Waals surface area contributed by atoms with E-state index in [0.717, 1.165) is 30.6 Å². The number of ether oxygens (including phenoxy) is 1. The topological polar surface area (TPSA) is 58.5 Å². The third-order valence-electron chi connectivity index (χ3n) is 4.33. The molecule has 3 rings (SSSR count). The molecular weight excluding hydrogens is 332 g/mol. The maximum absolute atomic E-state index is 5.67. The molecule has 134 valence electrons. The van der Waals surface area contributed by atoms with Crippen LogP contribution in [-0.4, -0.2) is 31.1 Å². The van der Waals surface area contributed by atoms with Gasteiger partial charge in [0.15, 0.2) is 5.96 Å². The van der Waals surface area contributed by atoms with Gasteiger partial charge in [0, 0.05) is 32.4 Å². The molecule has 1 aliphatic carbocycles. The van der Waals surface area contributed by atoms with Crippen LogP contribution >= 0.6 is 11.3 Å². The van der Waals surface area contributed by atoms with Gasteiger partial charge < -0.3 is 15.4 Å². The molecule has 0 aliphatic heterocycles. The Morgan fingerprint density at radius 2 is 2.24 bits per heavy atom. The molecule has 2 aromatic heterocycles. The highest BCUT2D eigenvalue weighted by atomic mass is 32.1. The molecule has 2 aromatic rings. The lowest BCUT2D eigenvalue weighted by Crippen LogP contribution is -2.38. The van der Waals surface area contributed by atoms with Gasteiger partial charge in [-0.15, -0.1) is 0 Å². The lowest BCUT2D eigenvalue weighted by molar-refractivity contribution is 0.288. The minimum absolute atomic E-state index is 0.453. The second-order valence-electron chi connectivity index (χ2n) is 6.52. The molecule has 0 bridgehead atoms. The van der Waals surface area contributed by atoms with Gasteiger partial charge >= 0.3 is 0 Å². The molecule has 1 saturated carbocycles. The van der Waals surface area contributed by atoms with Crippen LogP contribution in [0.5, 0.6) is 5.88 Å². The Balaban J connectivity index is 1.41. The average molecular weight is 359 g/mol. The third kappa shape index (κ3) is 5.74. The molecule has 2 heterocycles. The summed E-state index contributed by atoms with van der Waals surface area (Å²) in [4.78, 5) is 8.65. The second kappa shape index (κ2) is 8.85. The molecule has 1 fully saturated rings. The lowest BCUT2D eigenvalue weighted by atomic mass is 10.1. The van der Waals surface area contributed by atoms with Crippen molar-refractivity contribution in [3.05, 3.63) is 46.3 Å². The summed E-state index contributed by atoms with van der Waals surface area (Å²) in [5, 5.41) is 11.0. The van der Waals surface area contributed by atoms with Crippen LogP contribution in [0.4, 0.5) is 0 Å². The Kier molecular flexibility index (Phi) is 6.28. The molecule has 2 N–H and O–H groups in total. The minimum atomic E-state index is 0.453. The highest BCUT2D eigenvalue weighted by Crippen LogP contribution is 2.29. The van der Waals surface area contributed by atoms with Gasteiger partial charge in [-0.2, -0.15) is 11.3 Å². The van der Waals surface area contributed by atoms with Gasteiger partial charge in [-0.05, 0) is 52.6 Å². The number of guanidine groups is 1. The normalized spacial score (nSPS) is 15.7. The molecule has 0 saturated heterocycles. The number of hydrogen-bond acceptors (Lipinski definition) is 4. The SMILES string of the molecule is CN=C(NCc1ccc(OCC2CC2)nc1)NCC(C)c1ccsc1. The number of rotatable bonds is 8. The van der Waals surface area contributed by atoms with Gasteiger partial charge in [0.1, 0.15) is 0 Å². The molecular formula is C19H26N4OS. The van der Waals surface area contributed by atoms with Crippen molar-refractivity contribution >= 4 is 17.3 Å². The predicted octanol–water partition coefficient (Wildman–Crippen LogP) is 3.40. The van der Waals surface area contributed by atoms with Crippen molar-refractivity contribution in [2.75, 3.05) is 20.2 Å². The molecule has 6 heteroatoms. The van der Waals surface area contributed by atoms with E-state index in [9.17, 15) is 0 Å². The van der Waals surface area contributed by atoms with Crippen LogP contribution in [0.25, 0.3) is 0 Å². The molecule has 25 heavy (non-hydrogen) atoms. The molecule has 5 nitrogen and oxygen atoms in total. The van der Waals surface area contributed by atoms with Crippen molar-refractivity contribution in [3.63, 3.8) is 0 Å². The summed E-state index contributed by atoms with van der Waals surface area (Å²) >= 11 is 1.73. The summed E-state index contributed by atoms with van der Waals surface area (Å²) in [6, 6.07) is 6.16. The molecule has 1 aliphatic rings. The van der Waals surface area contributed by atoms with Gasteiger partial charge in [-0.3, -0.25) is 4.99 Å². The van der Waals surface area contributed by atoms with E-state index in [0.29, 0.717) is 18.3 Å². The smallest absolute Gasteiger partial charge is 0.213 e. The largest absolute Gasteiger partial charge is 0.477 e. The van der Waals surface area contributed by atoms with Crippen LogP contribution < -0.4 is 15.4 Å². The van der Waals surface area contributed by atoms with Crippen molar-refractivity contribution in [2.24, 2.45) is 10.9 Å². The zero-order chi connectivity index (χ0) is 17.5. The van der Waals surface area contributed by atoms with E-state index in [2.05, 4.69) is 44.4 Å². The molecule has 0 aromatic carbocycles. The van der Waals surface area contributed by atoms with Gasteiger partial charge in [0.25, 0.3) is 0 Å². The monoisotopic (exact) mass is 358 g/mol. The highest BCUT2D eigenvalue weighted by Gasteiger charge is 2.22. The van der Waals surface area contributed by atoms with Gasteiger partial charge in [0.2, 0.25) is 5.88 Å². The van der Waals surface area contributed by atoms with Crippen molar-refractivity contribution in [1.29, 1.82) is 0 Å². The van der Waals surface area contributed by atoms with E-state index in [1.807, 2.05) is 18.3 Å². The number of thiophene rings is 1. The maximum atomic E-state index is 5.67. The fourth-order valence-electron chi connectivity index (χ4n) is 2.42. The quantitative estimate of drug-likeness (QED) is 0.561. The minimum Gasteiger partial charge on any atom is -0.477 e. The zero-order valence-corrected chi connectivity index (χ0v) is 15.7. The van der Waals surface area contributed by atoms with Crippen molar-refractivity contribution < 1.29 is 4.74 Å². The first-order chi connectivity index (χ1) is 12.2. The summed E-state index contributed by atoms with van der Waals surface area (Å²) < 4.78 is 5.67. The average Bonchev–Trinajstić information content (AvgIpc) is 3.31. The van der Waals surface area contributed by atoms with Crippen molar-refractivity contribution in [3.8, 4) is 5.88 Å². The predicted molar refractivity (Wildman–Crippen MR) is 103 cm³/mol. The highest BCUT2D eigenvalue weighted by molar-refractivity contribution is 7.07. The van der Waals surface area contributed by atoms with Crippen LogP contribution in [0, 0.1) is 5.92 Å². The number of nitrogens with zero attached hydrogens (tertiary/aromatic N) is 2. The van der Waals surface area contributed by atoms with Crippen LogP contribution in [0.2, 0.25) is 0 Å². The summed E-state index contributed by atoms with van der Waals surface area (Å²) in [6.45, 7) is 4.54. The van der Waals surface area contributed by atoms with Crippen LogP contribution in [0.3, 0.4) is 0 Å². The molecule has 0 amide bonds. The molecule has 1 unspecified atom stereocenters. The van der Waals surface area contributed by atoms with Crippen molar-refractivity contribution in [2.45, 2.75) is 32.2 Å². The standard InChI is InChI=1S/C19H26N4OS/c1-14(17-7-8-25-13-17)9-22-19(20-2)23-11-16-5-6-18(21-10-16)24-12-15-3-4-15/h5-8,10,13-15H,3-4,9,11-12H2,1-2H3,(H2,20,22,23). The Labute approximate surface area is 153 Å². The van der Waals surface area contributed by atoms with Crippen LogP contribution in [0.15, 0.2) is 40.1 Å². The summed E-state index contributed by atoms with van der Waals surface area (Å²) in [7, 11) is 1.79. The van der Waals surface area contributed by atoms with E-state index in [1.54, 1.807) is 18.4 Å². The number of aromatic nitrogens is 1. The fourth-order valence-corrected chi connectivity index (χ4v) is 3.20. The lowest BCUT2D eigenvalue weighted by Gasteiger charge is -2.15. The zero-order valence-electron chi connectivity index (χ0n) is 14.9. The Bertz CT molecular complexity index is 665. The maximum Gasteiger partial charge on any atom is 0.213 e. The molecule has 0 spiro atoms. The first kappa shape index (κ1) is 17.7. The molecule has 1 atom stereocenters. The number of pyridine rings is 1. The van der Waals surface area contributed by atoms with Crippen molar-refractivity contribution in [1.82, 2.24) is 15.6 Å². The van der Waals surface area contributed by atoms with E-state index in [4.69, 9.17) is 4.74 Å². The Morgan fingerprint density at radius 3 is 2.88 bits per heavy atom. The first-order valence-corrected chi connectivity index (χ1v) is 9.73. The van der Waals surface area contributed by atoms with Gasteiger partial charge in [-0.1, -0.05) is 13.0 Å². The van der Waals surface area contributed by atoms with Crippen LogP contribution in [0.1, 0.15) is 36.8 Å². The van der Waals surface area contributed by atoms with E-state index >= 15 is 0 Å². The van der Waals surface area contributed by atoms with Gasteiger partial charge in [0.05, 0.1) is 6.61 Å². The van der Waals surface area contributed by atoms with Crippen LogP contribution in [-0.2, 0) is 6.54 Å².